The van der Waals surface area contributed by atoms with Gasteiger partial charge >= 0.3 is 0 Å². The van der Waals surface area contributed by atoms with E-state index in [1.807, 2.05) is 6.92 Å². The molecule has 0 aliphatic carbocycles. The minimum atomic E-state index is -3.65. The summed E-state index contributed by atoms with van der Waals surface area (Å²) in [5, 5.41) is 2.88. The van der Waals surface area contributed by atoms with Crippen molar-refractivity contribution in [1.82, 2.24) is 5.32 Å². The zero-order chi connectivity index (χ0) is 21.7. The summed E-state index contributed by atoms with van der Waals surface area (Å²) >= 11 is 0. The van der Waals surface area contributed by atoms with Crippen LogP contribution in [0, 0.1) is 5.82 Å². The molecule has 7 heteroatoms. The summed E-state index contributed by atoms with van der Waals surface area (Å²) in [6.07, 6.45) is 0.154. The second-order valence-electron chi connectivity index (χ2n) is 6.97. The maximum absolute atomic E-state index is 13.0. The number of hydrogen-bond acceptors (Lipinski definition) is 3. The van der Waals surface area contributed by atoms with Gasteiger partial charge in [0.2, 0.25) is 5.91 Å². The van der Waals surface area contributed by atoms with E-state index in [2.05, 4.69) is 5.32 Å². The number of amides is 1. The fourth-order valence-electron chi connectivity index (χ4n) is 3.03. The Morgan fingerprint density at radius 2 is 1.57 bits per heavy atom. The molecule has 0 aliphatic rings. The first-order valence-corrected chi connectivity index (χ1v) is 10.9. The number of rotatable bonds is 7. The maximum atomic E-state index is 13.0. The zero-order valence-electron chi connectivity index (χ0n) is 16.7. The van der Waals surface area contributed by atoms with E-state index in [0.29, 0.717) is 5.69 Å². The highest BCUT2D eigenvalue weighted by atomic mass is 32.2. The summed E-state index contributed by atoms with van der Waals surface area (Å²) in [6.45, 7) is 1.83. The van der Waals surface area contributed by atoms with Crippen LogP contribution < -0.4 is 9.62 Å². The van der Waals surface area contributed by atoms with Crippen molar-refractivity contribution in [1.29, 1.82) is 0 Å². The molecule has 0 fully saturated rings. The van der Waals surface area contributed by atoms with Gasteiger partial charge in [0.15, 0.2) is 0 Å². The molecule has 1 atom stereocenters. The van der Waals surface area contributed by atoms with Gasteiger partial charge in [-0.25, -0.2) is 12.8 Å². The first-order valence-electron chi connectivity index (χ1n) is 9.45. The lowest BCUT2D eigenvalue weighted by Crippen LogP contribution is -2.28. The van der Waals surface area contributed by atoms with Crippen LogP contribution in [0.2, 0.25) is 0 Å². The molecule has 0 aromatic heterocycles. The maximum Gasteiger partial charge on any atom is 0.264 e. The van der Waals surface area contributed by atoms with Crippen molar-refractivity contribution < 1.29 is 17.6 Å². The van der Waals surface area contributed by atoms with Gasteiger partial charge in [-0.05, 0) is 54.4 Å². The van der Waals surface area contributed by atoms with Crippen LogP contribution >= 0.6 is 0 Å². The Labute approximate surface area is 176 Å². The lowest BCUT2D eigenvalue weighted by atomic mass is 10.1. The first-order chi connectivity index (χ1) is 14.3. The molecule has 0 aliphatic heterocycles. The summed E-state index contributed by atoms with van der Waals surface area (Å²) in [5.74, 6) is -0.499. The van der Waals surface area contributed by atoms with E-state index in [1.165, 1.54) is 23.5 Å². The molecule has 0 saturated heterocycles. The van der Waals surface area contributed by atoms with Crippen LogP contribution in [-0.2, 0) is 21.2 Å². The lowest BCUT2D eigenvalue weighted by molar-refractivity contribution is -0.121. The molecule has 0 saturated carbocycles. The molecular formula is C23H23FN2O3S. The second kappa shape index (κ2) is 9.09. The van der Waals surface area contributed by atoms with Crippen LogP contribution in [0.4, 0.5) is 10.1 Å². The van der Waals surface area contributed by atoms with Crippen LogP contribution in [-0.4, -0.2) is 21.4 Å². The van der Waals surface area contributed by atoms with Crippen LogP contribution in [0.1, 0.15) is 24.1 Å². The fourth-order valence-corrected chi connectivity index (χ4v) is 4.24. The van der Waals surface area contributed by atoms with Gasteiger partial charge in [0.05, 0.1) is 23.0 Å². The van der Waals surface area contributed by atoms with Crippen molar-refractivity contribution in [3.05, 3.63) is 95.8 Å². The largest absolute Gasteiger partial charge is 0.349 e. The summed E-state index contributed by atoms with van der Waals surface area (Å²) in [4.78, 5) is 12.5. The van der Waals surface area contributed by atoms with E-state index in [9.17, 15) is 17.6 Å². The summed E-state index contributed by atoms with van der Waals surface area (Å²) in [5.41, 5.74) is 2.07. The number of nitrogens with one attached hydrogen (secondary N) is 1. The number of halogens is 1. The van der Waals surface area contributed by atoms with E-state index >= 15 is 0 Å². The monoisotopic (exact) mass is 426 g/mol. The van der Waals surface area contributed by atoms with E-state index in [4.69, 9.17) is 0 Å². The van der Waals surface area contributed by atoms with Crippen LogP contribution in [0.3, 0.4) is 0 Å². The molecule has 5 nitrogen and oxygen atoms in total. The molecule has 1 amide bonds. The van der Waals surface area contributed by atoms with Crippen LogP contribution in [0.25, 0.3) is 0 Å². The molecule has 0 bridgehead atoms. The Morgan fingerprint density at radius 1 is 0.967 bits per heavy atom. The van der Waals surface area contributed by atoms with Crippen LogP contribution in [0.15, 0.2) is 83.8 Å². The van der Waals surface area contributed by atoms with Crippen LogP contribution in [0.5, 0.6) is 0 Å². The number of anilines is 1. The van der Waals surface area contributed by atoms with Gasteiger partial charge in [-0.2, -0.15) is 0 Å². The molecule has 0 spiro atoms. The third-order valence-electron chi connectivity index (χ3n) is 4.81. The Kier molecular flexibility index (Phi) is 6.52. The van der Waals surface area contributed by atoms with E-state index in [1.54, 1.807) is 66.7 Å². The molecule has 156 valence electrons. The summed E-state index contributed by atoms with van der Waals surface area (Å²) in [6, 6.07) is 20.8. The fraction of sp³-hybridized carbons (Fsp3) is 0.174. The predicted octanol–water partition coefficient (Wildman–Crippen LogP) is 4.07. The molecule has 0 heterocycles. The van der Waals surface area contributed by atoms with E-state index < -0.39 is 10.0 Å². The third-order valence-corrected chi connectivity index (χ3v) is 6.61. The predicted molar refractivity (Wildman–Crippen MR) is 115 cm³/mol. The molecule has 3 rings (SSSR count). The molecule has 0 radical (unpaired) electrons. The Balaban J connectivity index is 1.64. The van der Waals surface area contributed by atoms with Gasteiger partial charge in [-0.3, -0.25) is 9.10 Å². The third kappa shape index (κ3) is 5.04. The SMILES string of the molecule is CC(NC(=O)Cc1ccc(N(C)S(=O)(=O)c2ccccc2)cc1)c1ccc(F)cc1. The lowest BCUT2D eigenvalue weighted by Gasteiger charge is -2.20. The van der Waals surface area contributed by atoms with Gasteiger partial charge in [0.1, 0.15) is 5.82 Å². The number of nitrogens with zero attached hydrogens (tertiary/aromatic N) is 1. The van der Waals surface area contributed by atoms with Crippen molar-refractivity contribution >= 4 is 21.6 Å². The first kappa shape index (κ1) is 21.5. The second-order valence-corrected chi connectivity index (χ2v) is 8.94. The number of carbonyl (C=O) groups is 1. The number of sulfonamides is 1. The minimum absolute atomic E-state index is 0.154. The summed E-state index contributed by atoms with van der Waals surface area (Å²) in [7, 11) is -2.16. The summed E-state index contributed by atoms with van der Waals surface area (Å²) < 4.78 is 39.7. The average molecular weight is 427 g/mol. The quantitative estimate of drug-likeness (QED) is 0.619. The minimum Gasteiger partial charge on any atom is -0.349 e. The molecule has 30 heavy (non-hydrogen) atoms. The van der Waals surface area contributed by atoms with Crippen molar-refractivity contribution in [2.24, 2.45) is 0 Å². The van der Waals surface area contributed by atoms with Gasteiger partial charge in [-0.1, -0.05) is 42.5 Å². The molecular weight excluding hydrogens is 403 g/mol. The number of carbonyl (C=O) groups excluding carboxylic acids is 1. The molecule has 3 aromatic carbocycles. The Bertz CT molecular complexity index is 1100. The van der Waals surface area contributed by atoms with Crippen molar-refractivity contribution in [2.45, 2.75) is 24.3 Å². The van der Waals surface area contributed by atoms with Gasteiger partial charge in [-0.15, -0.1) is 0 Å². The van der Waals surface area contributed by atoms with E-state index in [-0.39, 0.29) is 29.1 Å². The normalized spacial score (nSPS) is 12.2. The van der Waals surface area contributed by atoms with E-state index in [0.717, 1.165) is 11.1 Å². The topological polar surface area (TPSA) is 66.5 Å². The smallest absolute Gasteiger partial charge is 0.264 e. The standard InChI is InChI=1S/C23H23FN2O3S/c1-17(19-10-12-20(24)13-11-19)25-23(27)16-18-8-14-21(15-9-18)26(2)30(28,29)22-6-4-3-5-7-22/h3-15,17H,16H2,1-2H3,(H,25,27). The number of benzene rings is 3. The average Bonchev–Trinajstić information content (AvgIpc) is 2.74. The molecule has 1 unspecified atom stereocenters. The van der Waals surface area contributed by atoms with Gasteiger partial charge in [0, 0.05) is 7.05 Å². The highest BCUT2D eigenvalue weighted by molar-refractivity contribution is 7.92. The Hall–Kier alpha value is -3.19. The highest BCUT2D eigenvalue weighted by Crippen LogP contribution is 2.22. The number of hydrogen-bond donors (Lipinski definition) is 1. The zero-order valence-corrected chi connectivity index (χ0v) is 17.6. The van der Waals surface area contributed by atoms with Crippen molar-refractivity contribution in [2.75, 3.05) is 11.4 Å². The van der Waals surface area contributed by atoms with Gasteiger partial charge in [0.25, 0.3) is 10.0 Å². The van der Waals surface area contributed by atoms with Crippen molar-refractivity contribution in [3.8, 4) is 0 Å². The van der Waals surface area contributed by atoms with Crippen molar-refractivity contribution in [3.63, 3.8) is 0 Å². The molecule has 3 aromatic rings. The highest BCUT2D eigenvalue weighted by Gasteiger charge is 2.21. The Morgan fingerprint density at radius 3 is 2.17 bits per heavy atom. The van der Waals surface area contributed by atoms with Gasteiger partial charge < -0.3 is 5.32 Å². The molecule has 1 N–H and O–H groups in total.